The van der Waals surface area contributed by atoms with Crippen molar-refractivity contribution < 1.29 is 14.3 Å². The standard InChI is InChI=1S/C26H38N4O3/c1-5-6-15-33-19-11-9-17(10-12-19)21-22(24(27)31)20-16-29(25(32)28-26(2,3)4)13-14-30(20)23(21)18-7-8-18/h9-12,18,20,22H,5-8,13-16H2,1-4H3,(H2,27,31)(H,28,32). The van der Waals surface area contributed by atoms with Crippen molar-refractivity contribution in [3.63, 3.8) is 0 Å². The average Bonchev–Trinajstić information content (AvgIpc) is 3.53. The number of primary amides is 1. The van der Waals surface area contributed by atoms with E-state index < -0.39 is 5.92 Å². The fraction of sp³-hybridized carbons (Fsp3) is 0.615. The number of ether oxygens (including phenoxy) is 1. The van der Waals surface area contributed by atoms with E-state index in [1.807, 2.05) is 37.8 Å². The van der Waals surface area contributed by atoms with Crippen LogP contribution in [-0.4, -0.2) is 59.6 Å². The van der Waals surface area contributed by atoms with Gasteiger partial charge in [0.15, 0.2) is 0 Å². The number of urea groups is 1. The van der Waals surface area contributed by atoms with Crippen molar-refractivity contribution in [1.29, 1.82) is 0 Å². The molecule has 7 heteroatoms. The average molecular weight is 455 g/mol. The van der Waals surface area contributed by atoms with Gasteiger partial charge in [0.25, 0.3) is 0 Å². The van der Waals surface area contributed by atoms with Crippen LogP contribution < -0.4 is 15.8 Å². The first-order valence-electron chi connectivity index (χ1n) is 12.3. The van der Waals surface area contributed by atoms with Crippen LogP contribution in [0.3, 0.4) is 0 Å². The van der Waals surface area contributed by atoms with Crippen molar-refractivity contribution in [2.45, 2.75) is 65.0 Å². The van der Waals surface area contributed by atoms with Gasteiger partial charge in [-0.05, 0) is 69.2 Å². The van der Waals surface area contributed by atoms with Crippen molar-refractivity contribution >= 4 is 17.5 Å². The molecule has 7 nitrogen and oxygen atoms in total. The van der Waals surface area contributed by atoms with E-state index >= 15 is 0 Å². The molecule has 2 aliphatic heterocycles. The maximum atomic E-state index is 12.9. The summed E-state index contributed by atoms with van der Waals surface area (Å²) in [6.07, 6.45) is 4.40. The number of rotatable bonds is 7. The number of nitrogens with zero attached hydrogens (tertiary/aromatic N) is 2. The molecule has 1 saturated heterocycles. The summed E-state index contributed by atoms with van der Waals surface area (Å²) >= 11 is 0. The molecule has 1 aromatic rings. The van der Waals surface area contributed by atoms with Gasteiger partial charge in [-0.25, -0.2) is 4.79 Å². The minimum atomic E-state index is -0.433. The zero-order valence-electron chi connectivity index (χ0n) is 20.4. The lowest BCUT2D eigenvalue weighted by molar-refractivity contribution is -0.121. The van der Waals surface area contributed by atoms with Gasteiger partial charge in [0.1, 0.15) is 5.75 Å². The Labute approximate surface area is 197 Å². The molecule has 2 unspecified atom stereocenters. The van der Waals surface area contributed by atoms with Crippen LogP contribution in [0.4, 0.5) is 4.79 Å². The summed E-state index contributed by atoms with van der Waals surface area (Å²) in [6, 6.07) is 7.88. The number of nitrogens with two attached hydrogens (primary N) is 1. The Morgan fingerprint density at radius 1 is 1.15 bits per heavy atom. The van der Waals surface area contributed by atoms with Gasteiger partial charge >= 0.3 is 6.03 Å². The number of carbonyl (C=O) groups is 2. The Balaban J connectivity index is 1.60. The first-order chi connectivity index (χ1) is 15.7. The Hall–Kier alpha value is -2.70. The van der Waals surface area contributed by atoms with Crippen molar-refractivity contribution in [2.75, 3.05) is 26.2 Å². The lowest BCUT2D eigenvalue weighted by Gasteiger charge is -2.42. The highest BCUT2D eigenvalue weighted by molar-refractivity contribution is 5.94. The molecule has 2 atom stereocenters. The summed E-state index contributed by atoms with van der Waals surface area (Å²) in [5.41, 5.74) is 9.04. The molecule has 3 aliphatic rings. The molecule has 0 aromatic heterocycles. The van der Waals surface area contributed by atoms with E-state index in [1.165, 1.54) is 5.70 Å². The lowest BCUT2D eigenvalue weighted by Crippen LogP contribution is -2.59. The highest BCUT2D eigenvalue weighted by atomic mass is 16.5. The monoisotopic (exact) mass is 454 g/mol. The summed E-state index contributed by atoms with van der Waals surface area (Å²) < 4.78 is 5.83. The molecular weight excluding hydrogens is 416 g/mol. The smallest absolute Gasteiger partial charge is 0.317 e. The number of hydrogen-bond donors (Lipinski definition) is 2. The molecule has 1 saturated carbocycles. The number of allylic oxidation sites excluding steroid dienone is 1. The van der Waals surface area contributed by atoms with Gasteiger partial charge < -0.3 is 25.6 Å². The van der Waals surface area contributed by atoms with Gasteiger partial charge in [0.05, 0.1) is 18.6 Å². The number of fused-ring (bicyclic) bond motifs is 1. The molecule has 0 radical (unpaired) electrons. The van der Waals surface area contributed by atoms with Gasteiger partial charge in [0, 0.05) is 30.9 Å². The largest absolute Gasteiger partial charge is 0.494 e. The molecule has 33 heavy (non-hydrogen) atoms. The Morgan fingerprint density at radius 2 is 1.85 bits per heavy atom. The molecule has 0 spiro atoms. The number of hydrogen-bond acceptors (Lipinski definition) is 4. The van der Waals surface area contributed by atoms with Crippen LogP contribution in [0.15, 0.2) is 30.0 Å². The predicted molar refractivity (Wildman–Crippen MR) is 130 cm³/mol. The van der Waals surface area contributed by atoms with Gasteiger partial charge in [0.2, 0.25) is 5.91 Å². The van der Waals surface area contributed by atoms with E-state index in [0.717, 1.165) is 49.1 Å². The third-order valence-corrected chi connectivity index (χ3v) is 6.67. The lowest BCUT2D eigenvalue weighted by atomic mass is 9.87. The first-order valence-corrected chi connectivity index (χ1v) is 12.3. The van der Waals surface area contributed by atoms with Gasteiger partial charge in [-0.1, -0.05) is 25.5 Å². The van der Waals surface area contributed by atoms with Crippen LogP contribution >= 0.6 is 0 Å². The van der Waals surface area contributed by atoms with E-state index in [9.17, 15) is 9.59 Å². The van der Waals surface area contributed by atoms with Crippen molar-refractivity contribution in [2.24, 2.45) is 17.6 Å². The van der Waals surface area contributed by atoms with Crippen LogP contribution in [0.2, 0.25) is 0 Å². The second-order valence-electron chi connectivity index (χ2n) is 10.6. The zero-order chi connectivity index (χ0) is 23.8. The van der Waals surface area contributed by atoms with E-state index in [2.05, 4.69) is 29.3 Å². The SMILES string of the molecule is CCCCOc1ccc(C2=C(C3CC3)N3CCN(C(=O)NC(C)(C)C)CC3C2C(N)=O)cc1. The summed E-state index contributed by atoms with van der Waals surface area (Å²) in [4.78, 5) is 29.9. The van der Waals surface area contributed by atoms with E-state index in [0.29, 0.717) is 25.6 Å². The van der Waals surface area contributed by atoms with Crippen LogP contribution in [0.5, 0.6) is 5.75 Å². The maximum absolute atomic E-state index is 12.9. The molecule has 180 valence electrons. The summed E-state index contributed by atoms with van der Waals surface area (Å²) in [6.45, 7) is 10.6. The quantitative estimate of drug-likeness (QED) is 0.616. The molecule has 2 fully saturated rings. The van der Waals surface area contributed by atoms with Crippen molar-refractivity contribution in [3.05, 3.63) is 35.5 Å². The maximum Gasteiger partial charge on any atom is 0.317 e. The summed E-state index contributed by atoms with van der Waals surface area (Å²) in [7, 11) is 0. The minimum absolute atomic E-state index is 0.0830. The van der Waals surface area contributed by atoms with E-state index in [1.54, 1.807) is 0 Å². The van der Waals surface area contributed by atoms with Crippen LogP contribution in [0, 0.1) is 11.8 Å². The van der Waals surface area contributed by atoms with Crippen molar-refractivity contribution in [3.8, 4) is 5.75 Å². The van der Waals surface area contributed by atoms with Gasteiger partial charge in [-0.15, -0.1) is 0 Å². The minimum Gasteiger partial charge on any atom is -0.494 e. The molecule has 3 amide bonds. The Bertz CT molecular complexity index is 914. The number of amides is 3. The number of carbonyl (C=O) groups excluding carboxylic acids is 2. The highest BCUT2D eigenvalue weighted by Crippen LogP contribution is 2.51. The van der Waals surface area contributed by atoms with Crippen LogP contribution in [0.25, 0.3) is 5.57 Å². The second-order valence-corrected chi connectivity index (χ2v) is 10.6. The van der Waals surface area contributed by atoms with E-state index in [-0.39, 0.29) is 23.5 Å². The Kier molecular flexibility index (Phi) is 6.59. The molecule has 2 heterocycles. The number of nitrogens with one attached hydrogen (secondary N) is 1. The number of piperazine rings is 1. The highest BCUT2D eigenvalue weighted by Gasteiger charge is 2.50. The second kappa shape index (κ2) is 9.27. The molecule has 1 aliphatic carbocycles. The topological polar surface area (TPSA) is 87.9 Å². The van der Waals surface area contributed by atoms with Gasteiger partial charge in [-0.3, -0.25) is 4.79 Å². The molecule has 1 aromatic carbocycles. The fourth-order valence-electron chi connectivity index (χ4n) is 5.02. The summed E-state index contributed by atoms with van der Waals surface area (Å²) in [5, 5.41) is 3.05. The number of benzene rings is 1. The van der Waals surface area contributed by atoms with Gasteiger partial charge in [-0.2, -0.15) is 0 Å². The van der Waals surface area contributed by atoms with Crippen LogP contribution in [-0.2, 0) is 4.79 Å². The molecular formula is C26H38N4O3. The predicted octanol–water partition coefficient (Wildman–Crippen LogP) is 3.60. The molecule has 4 rings (SSSR count). The number of unbranched alkanes of at least 4 members (excludes halogenated alkanes) is 1. The van der Waals surface area contributed by atoms with Crippen LogP contribution in [0.1, 0.15) is 58.9 Å². The third kappa shape index (κ3) is 5.12. The normalized spacial score (nSPS) is 22.9. The third-order valence-electron chi connectivity index (χ3n) is 6.67. The van der Waals surface area contributed by atoms with Crippen molar-refractivity contribution in [1.82, 2.24) is 15.1 Å². The molecule has 0 bridgehead atoms. The zero-order valence-corrected chi connectivity index (χ0v) is 20.4. The van der Waals surface area contributed by atoms with E-state index in [4.69, 9.17) is 10.5 Å². The summed E-state index contributed by atoms with van der Waals surface area (Å²) in [5.74, 6) is 0.564. The first kappa shape index (κ1) is 23.5. The molecule has 3 N–H and O–H groups in total. The fourth-order valence-corrected chi connectivity index (χ4v) is 5.02. The Morgan fingerprint density at radius 3 is 2.42 bits per heavy atom.